The molecule has 0 aromatic heterocycles. The van der Waals surface area contributed by atoms with Gasteiger partial charge >= 0.3 is 6.18 Å². The monoisotopic (exact) mass is 502 g/mol. The van der Waals surface area contributed by atoms with Gasteiger partial charge in [0.25, 0.3) is 5.91 Å². The SMILES string of the molecule is O=C(c1cccc(C(F)(F)F)c1)N1CCN(C(c2ccccc2)c2ccc(Br)cc2)CC1. The summed E-state index contributed by atoms with van der Waals surface area (Å²) in [5, 5.41) is 0. The quantitative estimate of drug-likeness (QED) is 0.435. The number of carbonyl (C=O) groups is 1. The lowest BCUT2D eigenvalue weighted by Gasteiger charge is -2.40. The van der Waals surface area contributed by atoms with Crippen molar-refractivity contribution in [3.8, 4) is 0 Å². The highest BCUT2D eigenvalue weighted by Crippen LogP contribution is 2.32. The molecule has 0 radical (unpaired) electrons. The Hall–Kier alpha value is -2.64. The van der Waals surface area contributed by atoms with Crippen LogP contribution in [0.25, 0.3) is 0 Å². The normalized spacial score (nSPS) is 16.1. The Morgan fingerprint density at radius 2 is 1.44 bits per heavy atom. The largest absolute Gasteiger partial charge is 0.416 e. The lowest BCUT2D eigenvalue weighted by Crippen LogP contribution is -2.49. The van der Waals surface area contributed by atoms with Crippen LogP contribution in [0.2, 0.25) is 0 Å². The highest BCUT2D eigenvalue weighted by Gasteiger charge is 2.32. The van der Waals surface area contributed by atoms with Crippen LogP contribution in [0.1, 0.15) is 33.1 Å². The summed E-state index contributed by atoms with van der Waals surface area (Å²) in [6.07, 6.45) is -4.47. The Labute approximate surface area is 193 Å². The maximum Gasteiger partial charge on any atom is 0.416 e. The van der Waals surface area contributed by atoms with Crippen molar-refractivity contribution in [2.45, 2.75) is 12.2 Å². The highest BCUT2D eigenvalue weighted by molar-refractivity contribution is 9.10. The van der Waals surface area contributed by atoms with Crippen LogP contribution in [0.5, 0.6) is 0 Å². The van der Waals surface area contributed by atoms with Crippen LogP contribution in [0, 0.1) is 0 Å². The van der Waals surface area contributed by atoms with Gasteiger partial charge in [-0.2, -0.15) is 13.2 Å². The van der Waals surface area contributed by atoms with Crippen molar-refractivity contribution in [2.75, 3.05) is 26.2 Å². The van der Waals surface area contributed by atoms with Crippen LogP contribution in [-0.2, 0) is 6.18 Å². The van der Waals surface area contributed by atoms with Crippen LogP contribution in [0.15, 0.2) is 83.3 Å². The number of nitrogens with zero attached hydrogens (tertiary/aromatic N) is 2. The molecule has 0 aliphatic carbocycles. The molecule has 1 saturated heterocycles. The number of hydrogen-bond acceptors (Lipinski definition) is 2. The molecule has 32 heavy (non-hydrogen) atoms. The molecule has 1 unspecified atom stereocenters. The topological polar surface area (TPSA) is 23.6 Å². The minimum absolute atomic E-state index is 0.0371. The van der Waals surface area contributed by atoms with Gasteiger partial charge in [0.15, 0.2) is 0 Å². The van der Waals surface area contributed by atoms with Gasteiger partial charge in [0.1, 0.15) is 0 Å². The third-order valence-corrected chi connectivity index (χ3v) is 6.23. The molecule has 7 heteroatoms. The fraction of sp³-hybridized carbons (Fsp3) is 0.240. The first-order valence-electron chi connectivity index (χ1n) is 10.3. The van der Waals surface area contributed by atoms with Gasteiger partial charge in [0.05, 0.1) is 11.6 Å². The molecule has 0 N–H and O–H groups in total. The standard InChI is InChI=1S/C25H22BrF3N2O/c26-22-11-9-19(10-12-22)23(18-5-2-1-3-6-18)30-13-15-31(16-14-30)24(32)20-7-4-8-21(17-20)25(27,28)29/h1-12,17,23H,13-16H2. The minimum Gasteiger partial charge on any atom is -0.336 e. The summed E-state index contributed by atoms with van der Waals surface area (Å²) in [5.74, 6) is -0.365. The molecule has 0 spiro atoms. The second-order valence-corrected chi connectivity index (χ2v) is 8.69. The molecule has 166 valence electrons. The van der Waals surface area contributed by atoms with Crippen molar-refractivity contribution in [3.63, 3.8) is 0 Å². The fourth-order valence-corrected chi connectivity index (χ4v) is 4.35. The summed E-state index contributed by atoms with van der Waals surface area (Å²) in [6, 6.07) is 23.1. The van der Waals surface area contributed by atoms with Gasteiger partial charge in [-0.3, -0.25) is 9.69 Å². The fourth-order valence-electron chi connectivity index (χ4n) is 4.09. The number of carbonyl (C=O) groups excluding carboxylic acids is 1. The maximum atomic E-state index is 13.0. The molecule has 0 bridgehead atoms. The first kappa shape index (κ1) is 22.6. The lowest BCUT2D eigenvalue weighted by atomic mass is 9.96. The summed E-state index contributed by atoms with van der Waals surface area (Å²) in [4.78, 5) is 16.8. The number of halogens is 4. The number of benzene rings is 3. The Kier molecular flexibility index (Phi) is 6.67. The Bertz CT molecular complexity index is 1060. The van der Waals surface area contributed by atoms with Gasteiger partial charge < -0.3 is 4.90 Å². The number of amides is 1. The van der Waals surface area contributed by atoms with Crippen molar-refractivity contribution in [3.05, 3.63) is 106 Å². The Balaban J connectivity index is 1.51. The molecule has 3 aromatic carbocycles. The van der Waals surface area contributed by atoms with E-state index in [-0.39, 0.29) is 17.5 Å². The average molecular weight is 503 g/mol. The summed E-state index contributed by atoms with van der Waals surface area (Å²) in [7, 11) is 0. The third-order valence-electron chi connectivity index (χ3n) is 5.70. The van der Waals surface area contributed by atoms with Crippen LogP contribution < -0.4 is 0 Å². The minimum atomic E-state index is -4.47. The van der Waals surface area contributed by atoms with E-state index < -0.39 is 11.7 Å². The van der Waals surface area contributed by atoms with E-state index in [9.17, 15) is 18.0 Å². The van der Waals surface area contributed by atoms with Gasteiger partial charge in [-0.1, -0.05) is 64.5 Å². The van der Waals surface area contributed by atoms with E-state index in [1.54, 1.807) is 4.90 Å². The molecule has 1 aliphatic heterocycles. The molecule has 3 aromatic rings. The first-order valence-corrected chi connectivity index (χ1v) is 11.1. The molecule has 3 nitrogen and oxygen atoms in total. The Morgan fingerprint density at radius 1 is 0.812 bits per heavy atom. The molecule has 4 rings (SSSR count). The second kappa shape index (κ2) is 9.46. The van der Waals surface area contributed by atoms with Crippen molar-refractivity contribution in [2.24, 2.45) is 0 Å². The number of alkyl halides is 3. The number of hydrogen-bond donors (Lipinski definition) is 0. The van der Waals surface area contributed by atoms with Gasteiger partial charge in [0, 0.05) is 36.2 Å². The summed E-state index contributed by atoms with van der Waals surface area (Å²) < 4.78 is 40.1. The zero-order valence-electron chi connectivity index (χ0n) is 17.2. The number of piperazine rings is 1. The predicted molar refractivity (Wildman–Crippen MR) is 121 cm³/mol. The van der Waals surface area contributed by atoms with Crippen molar-refractivity contribution in [1.29, 1.82) is 0 Å². The number of rotatable bonds is 4. The summed E-state index contributed by atoms with van der Waals surface area (Å²) in [5.41, 5.74) is 1.58. The first-order chi connectivity index (χ1) is 15.3. The van der Waals surface area contributed by atoms with Crippen LogP contribution in [0.4, 0.5) is 13.2 Å². The molecular weight excluding hydrogens is 481 g/mol. The van der Waals surface area contributed by atoms with Crippen molar-refractivity contribution < 1.29 is 18.0 Å². The van der Waals surface area contributed by atoms with E-state index in [2.05, 4.69) is 45.1 Å². The highest BCUT2D eigenvalue weighted by atomic mass is 79.9. The smallest absolute Gasteiger partial charge is 0.336 e. The molecule has 1 atom stereocenters. The van der Waals surface area contributed by atoms with Gasteiger partial charge in [-0.05, 0) is 41.5 Å². The van der Waals surface area contributed by atoms with E-state index in [4.69, 9.17) is 0 Å². The van der Waals surface area contributed by atoms with E-state index in [0.717, 1.165) is 27.7 Å². The molecule has 0 saturated carbocycles. The average Bonchev–Trinajstić information content (AvgIpc) is 2.81. The van der Waals surface area contributed by atoms with Crippen LogP contribution in [0.3, 0.4) is 0 Å². The van der Waals surface area contributed by atoms with Gasteiger partial charge in [0.2, 0.25) is 0 Å². The Morgan fingerprint density at radius 3 is 2.06 bits per heavy atom. The zero-order valence-corrected chi connectivity index (χ0v) is 18.8. The van der Waals surface area contributed by atoms with Gasteiger partial charge in [-0.15, -0.1) is 0 Å². The summed E-state index contributed by atoms with van der Waals surface area (Å²) in [6.45, 7) is 2.16. The predicted octanol–water partition coefficient (Wildman–Crippen LogP) is 6.02. The molecular formula is C25H22BrF3N2O. The van der Waals surface area contributed by atoms with Crippen LogP contribution in [-0.4, -0.2) is 41.9 Å². The zero-order chi connectivity index (χ0) is 22.7. The van der Waals surface area contributed by atoms with Crippen LogP contribution >= 0.6 is 15.9 Å². The second-order valence-electron chi connectivity index (χ2n) is 7.77. The van der Waals surface area contributed by atoms with E-state index in [1.165, 1.54) is 12.1 Å². The van der Waals surface area contributed by atoms with Gasteiger partial charge in [-0.25, -0.2) is 0 Å². The molecule has 1 heterocycles. The van der Waals surface area contributed by atoms with E-state index in [0.29, 0.717) is 26.2 Å². The molecule has 1 amide bonds. The molecule has 1 fully saturated rings. The summed E-state index contributed by atoms with van der Waals surface area (Å²) >= 11 is 3.48. The third kappa shape index (κ3) is 5.05. The van der Waals surface area contributed by atoms with Crippen molar-refractivity contribution in [1.82, 2.24) is 9.80 Å². The lowest BCUT2D eigenvalue weighted by molar-refractivity contribution is -0.137. The maximum absolute atomic E-state index is 13.0. The van der Waals surface area contributed by atoms with E-state index in [1.807, 2.05) is 30.3 Å². The van der Waals surface area contributed by atoms with Crippen molar-refractivity contribution >= 4 is 21.8 Å². The molecule has 1 aliphatic rings. The van der Waals surface area contributed by atoms with E-state index >= 15 is 0 Å².